The van der Waals surface area contributed by atoms with Crippen molar-refractivity contribution in [1.82, 2.24) is 20.2 Å². The lowest BCUT2D eigenvalue weighted by Gasteiger charge is -2.08. The Labute approximate surface area is 106 Å². The molecule has 18 heavy (non-hydrogen) atoms. The van der Waals surface area contributed by atoms with Gasteiger partial charge in [-0.1, -0.05) is 12.1 Å². The Morgan fingerprint density at radius 2 is 2.11 bits per heavy atom. The number of amides is 2. The molecule has 2 amide bonds. The van der Waals surface area contributed by atoms with Gasteiger partial charge in [0.2, 0.25) is 0 Å². The van der Waals surface area contributed by atoms with Crippen molar-refractivity contribution in [2.75, 3.05) is 13.1 Å². The summed E-state index contributed by atoms with van der Waals surface area (Å²) in [5, 5.41) is 5.52. The molecule has 0 saturated carbocycles. The zero-order valence-corrected chi connectivity index (χ0v) is 10.7. The first-order valence-corrected chi connectivity index (χ1v) is 6.16. The fourth-order valence-electron chi connectivity index (χ4n) is 1.98. The average Bonchev–Trinajstić information content (AvgIpc) is 2.66. The third kappa shape index (κ3) is 2.61. The second kappa shape index (κ2) is 5.53. The van der Waals surface area contributed by atoms with E-state index in [1.165, 1.54) is 0 Å². The summed E-state index contributed by atoms with van der Waals surface area (Å²) < 4.78 is 2.11. The zero-order chi connectivity index (χ0) is 13.0. The van der Waals surface area contributed by atoms with Crippen LogP contribution in [0.4, 0.5) is 4.79 Å². The third-order valence-corrected chi connectivity index (χ3v) is 2.80. The lowest BCUT2D eigenvalue weighted by molar-refractivity contribution is 0.241. The number of urea groups is 1. The first-order valence-electron chi connectivity index (χ1n) is 6.16. The van der Waals surface area contributed by atoms with Crippen LogP contribution in [0.2, 0.25) is 0 Å². The Morgan fingerprint density at radius 3 is 2.89 bits per heavy atom. The lowest BCUT2D eigenvalue weighted by Crippen LogP contribution is -2.37. The predicted octanol–water partition coefficient (Wildman–Crippen LogP) is 1.66. The number of hydrogen-bond donors (Lipinski definition) is 2. The fraction of sp³-hybridized carbons (Fsp3) is 0.385. The number of rotatable bonds is 4. The summed E-state index contributed by atoms with van der Waals surface area (Å²) >= 11 is 0. The quantitative estimate of drug-likeness (QED) is 0.862. The van der Waals surface area contributed by atoms with Gasteiger partial charge in [-0.2, -0.15) is 0 Å². The molecule has 0 bridgehead atoms. The topological polar surface area (TPSA) is 59.0 Å². The summed E-state index contributed by atoms with van der Waals surface area (Å²) in [4.78, 5) is 15.8. The van der Waals surface area contributed by atoms with Gasteiger partial charge in [-0.05, 0) is 26.0 Å². The first kappa shape index (κ1) is 12.4. The van der Waals surface area contributed by atoms with Crippen LogP contribution in [0.3, 0.4) is 0 Å². The number of nitrogens with one attached hydrogen (secondary N) is 2. The molecule has 2 rings (SSSR count). The Kier molecular flexibility index (Phi) is 3.82. The molecular formula is C13H18N4O. The van der Waals surface area contributed by atoms with E-state index < -0.39 is 0 Å². The van der Waals surface area contributed by atoms with E-state index in [4.69, 9.17) is 0 Å². The Bertz CT molecular complexity index is 547. The smallest absolute Gasteiger partial charge is 0.314 e. The van der Waals surface area contributed by atoms with Gasteiger partial charge in [0.1, 0.15) is 5.82 Å². The van der Waals surface area contributed by atoms with E-state index in [9.17, 15) is 4.79 Å². The van der Waals surface area contributed by atoms with Crippen molar-refractivity contribution in [3.05, 3.63) is 30.1 Å². The maximum absolute atomic E-state index is 11.3. The van der Waals surface area contributed by atoms with Gasteiger partial charge in [0.05, 0.1) is 11.0 Å². The molecule has 0 atom stereocenters. The van der Waals surface area contributed by atoms with Gasteiger partial charge in [-0.25, -0.2) is 9.78 Å². The highest BCUT2D eigenvalue weighted by Crippen LogP contribution is 2.14. The second-order valence-electron chi connectivity index (χ2n) is 4.09. The Balaban J connectivity index is 2.03. The van der Waals surface area contributed by atoms with Gasteiger partial charge >= 0.3 is 6.03 Å². The van der Waals surface area contributed by atoms with Crippen LogP contribution < -0.4 is 10.6 Å². The van der Waals surface area contributed by atoms with Crippen molar-refractivity contribution in [3.8, 4) is 0 Å². The minimum Gasteiger partial charge on any atom is -0.338 e. The molecule has 0 aliphatic heterocycles. The largest absolute Gasteiger partial charge is 0.338 e. The molecule has 0 aliphatic rings. The molecule has 0 fully saturated rings. The van der Waals surface area contributed by atoms with Gasteiger partial charge in [-0.15, -0.1) is 0 Å². The Hall–Kier alpha value is -2.04. The number of benzene rings is 1. The Morgan fingerprint density at radius 1 is 1.33 bits per heavy atom. The molecule has 0 radical (unpaired) electrons. The molecule has 2 aromatic rings. The van der Waals surface area contributed by atoms with Crippen molar-refractivity contribution < 1.29 is 4.79 Å². The molecule has 0 unspecified atom stereocenters. The summed E-state index contributed by atoms with van der Waals surface area (Å²) in [7, 11) is 0. The number of para-hydroxylation sites is 2. The highest BCUT2D eigenvalue weighted by Gasteiger charge is 2.06. The maximum Gasteiger partial charge on any atom is 0.314 e. The van der Waals surface area contributed by atoms with E-state index >= 15 is 0 Å². The summed E-state index contributed by atoms with van der Waals surface area (Å²) in [5.41, 5.74) is 2.10. The summed E-state index contributed by atoms with van der Waals surface area (Å²) in [6, 6.07) is 7.89. The van der Waals surface area contributed by atoms with Crippen molar-refractivity contribution >= 4 is 17.1 Å². The lowest BCUT2D eigenvalue weighted by atomic mass is 10.3. The maximum atomic E-state index is 11.3. The van der Waals surface area contributed by atoms with E-state index in [-0.39, 0.29) is 6.03 Å². The van der Waals surface area contributed by atoms with E-state index in [1.807, 2.05) is 38.1 Å². The molecule has 2 N–H and O–H groups in total. The van der Waals surface area contributed by atoms with Gasteiger partial charge in [0.25, 0.3) is 0 Å². The third-order valence-electron chi connectivity index (χ3n) is 2.80. The van der Waals surface area contributed by atoms with Crippen LogP contribution in [-0.2, 0) is 6.54 Å². The van der Waals surface area contributed by atoms with Crippen molar-refractivity contribution in [2.24, 2.45) is 0 Å². The van der Waals surface area contributed by atoms with Crippen LogP contribution in [0, 0.1) is 6.92 Å². The summed E-state index contributed by atoms with van der Waals surface area (Å²) in [6.45, 7) is 5.83. The molecule has 96 valence electrons. The molecule has 1 heterocycles. The van der Waals surface area contributed by atoms with Crippen molar-refractivity contribution in [3.63, 3.8) is 0 Å². The van der Waals surface area contributed by atoms with Crippen molar-refractivity contribution in [1.29, 1.82) is 0 Å². The number of fused-ring (bicyclic) bond motifs is 1. The van der Waals surface area contributed by atoms with Gasteiger partial charge in [0, 0.05) is 19.6 Å². The number of nitrogens with zero attached hydrogens (tertiary/aromatic N) is 2. The van der Waals surface area contributed by atoms with Crippen LogP contribution in [0.1, 0.15) is 12.7 Å². The van der Waals surface area contributed by atoms with E-state index in [2.05, 4.69) is 20.2 Å². The minimum absolute atomic E-state index is 0.125. The predicted molar refractivity (Wildman–Crippen MR) is 71.5 cm³/mol. The van der Waals surface area contributed by atoms with E-state index in [1.54, 1.807) is 0 Å². The van der Waals surface area contributed by atoms with Gasteiger partial charge in [-0.3, -0.25) is 0 Å². The van der Waals surface area contributed by atoms with Crippen LogP contribution in [0.25, 0.3) is 11.0 Å². The van der Waals surface area contributed by atoms with Gasteiger partial charge < -0.3 is 15.2 Å². The molecule has 5 nitrogen and oxygen atoms in total. The summed E-state index contributed by atoms with van der Waals surface area (Å²) in [5.74, 6) is 0.967. The molecular weight excluding hydrogens is 228 g/mol. The normalized spacial score (nSPS) is 10.6. The second-order valence-corrected chi connectivity index (χ2v) is 4.09. The molecule has 5 heteroatoms. The fourth-order valence-corrected chi connectivity index (χ4v) is 1.98. The molecule has 0 spiro atoms. The highest BCUT2D eigenvalue weighted by atomic mass is 16.2. The number of imidazole rings is 1. The number of hydrogen-bond acceptors (Lipinski definition) is 2. The number of carbonyl (C=O) groups excluding carboxylic acids is 1. The van der Waals surface area contributed by atoms with E-state index in [0.29, 0.717) is 13.1 Å². The first-order chi connectivity index (χ1) is 8.72. The molecule has 0 saturated heterocycles. The van der Waals surface area contributed by atoms with Crippen LogP contribution in [-0.4, -0.2) is 28.7 Å². The van der Waals surface area contributed by atoms with Crippen LogP contribution in [0.5, 0.6) is 0 Å². The molecule has 1 aromatic heterocycles. The SMILES string of the molecule is CCNC(=O)NCCn1c(C)nc2ccccc21. The van der Waals surface area contributed by atoms with Gasteiger partial charge in [0.15, 0.2) is 0 Å². The van der Waals surface area contributed by atoms with Crippen molar-refractivity contribution in [2.45, 2.75) is 20.4 Å². The highest BCUT2D eigenvalue weighted by molar-refractivity contribution is 5.76. The summed E-state index contributed by atoms with van der Waals surface area (Å²) in [6.07, 6.45) is 0. The zero-order valence-electron chi connectivity index (χ0n) is 10.7. The number of carbonyl (C=O) groups is 1. The monoisotopic (exact) mass is 246 g/mol. The number of aromatic nitrogens is 2. The standard InChI is InChI=1S/C13H18N4O/c1-3-14-13(18)15-8-9-17-10(2)16-11-6-4-5-7-12(11)17/h4-7H,3,8-9H2,1-2H3,(H2,14,15,18). The minimum atomic E-state index is -0.125. The molecule has 1 aromatic carbocycles. The number of aryl methyl sites for hydroxylation is 1. The molecule has 0 aliphatic carbocycles. The average molecular weight is 246 g/mol. The van der Waals surface area contributed by atoms with E-state index in [0.717, 1.165) is 23.4 Å². The van der Waals surface area contributed by atoms with Crippen LogP contribution >= 0.6 is 0 Å². The van der Waals surface area contributed by atoms with Crippen LogP contribution in [0.15, 0.2) is 24.3 Å².